The van der Waals surface area contributed by atoms with Crippen LogP contribution in [0.1, 0.15) is 17.0 Å². The van der Waals surface area contributed by atoms with E-state index in [4.69, 9.17) is 5.73 Å². The van der Waals surface area contributed by atoms with Crippen LogP contribution < -0.4 is 16.6 Å². The predicted octanol–water partition coefficient (Wildman–Crippen LogP) is 3.68. The van der Waals surface area contributed by atoms with E-state index < -0.39 is 17.8 Å². The lowest BCUT2D eigenvalue weighted by Gasteiger charge is -2.24. The molecule has 0 aliphatic rings. The van der Waals surface area contributed by atoms with Crippen molar-refractivity contribution < 1.29 is 9.18 Å². The van der Waals surface area contributed by atoms with Gasteiger partial charge >= 0.3 is 0 Å². The van der Waals surface area contributed by atoms with Crippen LogP contribution in [-0.4, -0.2) is 21.7 Å². The van der Waals surface area contributed by atoms with Gasteiger partial charge in [0.05, 0.1) is 11.7 Å². The maximum atomic E-state index is 14.8. The second-order valence-corrected chi connectivity index (χ2v) is 7.69. The van der Waals surface area contributed by atoms with Crippen LogP contribution in [-0.2, 0) is 11.8 Å². The molecule has 0 aliphatic heterocycles. The molecule has 0 radical (unpaired) electrons. The summed E-state index contributed by atoms with van der Waals surface area (Å²) in [5.74, 6) is -1.37. The van der Waals surface area contributed by atoms with Crippen molar-refractivity contribution in [2.24, 2.45) is 12.8 Å². The molecule has 0 bridgehead atoms. The summed E-state index contributed by atoms with van der Waals surface area (Å²) in [4.78, 5) is 24.6. The summed E-state index contributed by atoms with van der Waals surface area (Å²) in [7, 11) is 1.50. The Bertz CT molecular complexity index is 1280. The van der Waals surface area contributed by atoms with E-state index in [1.54, 1.807) is 6.07 Å². The second-order valence-electron chi connectivity index (χ2n) is 7.69. The fourth-order valence-electron chi connectivity index (χ4n) is 3.75. The Morgan fingerprint density at radius 1 is 0.939 bits per heavy atom. The molecule has 0 saturated heterocycles. The van der Waals surface area contributed by atoms with E-state index in [-0.39, 0.29) is 22.7 Å². The van der Waals surface area contributed by atoms with E-state index >= 15 is 0 Å². The second kappa shape index (κ2) is 9.58. The predicted molar refractivity (Wildman–Crippen MR) is 126 cm³/mol. The molecule has 4 rings (SSSR count). The van der Waals surface area contributed by atoms with Crippen molar-refractivity contribution in [3.63, 3.8) is 0 Å². The lowest BCUT2D eigenvalue weighted by Crippen LogP contribution is -2.41. The highest BCUT2D eigenvalue weighted by Gasteiger charge is 2.28. The maximum absolute atomic E-state index is 14.8. The van der Waals surface area contributed by atoms with Gasteiger partial charge < -0.3 is 11.1 Å². The van der Waals surface area contributed by atoms with Crippen LogP contribution in [0.2, 0.25) is 0 Å². The summed E-state index contributed by atoms with van der Waals surface area (Å²) < 4.78 is 15.9. The number of hydrogen-bond donors (Lipinski definition) is 2. The van der Waals surface area contributed by atoms with Gasteiger partial charge in [0.2, 0.25) is 5.91 Å². The third-order valence-corrected chi connectivity index (χ3v) is 5.45. The van der Waals surface area contributed by atoms with Crippen LogP contribution in [0.4, 0.5) is 10.1 Å². The van der Waals surface area contributed by atoms with Crippen LogP contribution >= 0.6 is 0 Å². The quantitative estimate of drug-likeness (QED) is 0.477. The van der Waals surface area contributed by atoms with E-state index in [1.165, 1.54) is 31.3 Å². The third kappa shape index (κ3) is 4.88. The number of rotatable bonds is 6. The van der Waals surface area contributed by atoms with Gasteiger partial charge in [-0.05, 0) is 35.4 Å². The van der Waals surface area contributed by atoms with Gasteiger partial charge in [0, 0.05) is 30.3 Å². The number of carbonyl (C=O) groups is 1. The first-order valence-corrected chi connectivity index (χ1v) is 10.4. The molecule has 1 atom stereocenters. The van der Waals surface area contributed by atoms with E-state index in [0.29, 0.717) is 5.69 Å². The third-order valence-electron chi connectivity index (χ3n) is 5.45. The van der Waals surface area contributed by atoms with E-state index in [1.807, 2.05) is 60.7 Å². The fraction of sp³-hybridized carbons (Fsp3) is 0.115. The highest BCUT2D eigenvalue weighted by Crippen LogP contribution is 2.28. The average molecular weight is 442 g/mol. The smallest absolute Gasteiger partial charge is 0.266 e. The molecule has 0 spiro atoms. The normalized spacial score (nSPS) is 11.9. The van der Waals surface area contributed by atoms with E-state index in [0.717, 1.165) is 15.8 Å². The molecule has 33 heavy (non-hydrogen) atoms. The van der Waals surface area contributed by atoms with E-state index in [2.05, 4.69) is 10.4 Å². The van der Waals surface area contributed by atoms with Gasteiger partial charge in [-0.2, -0.15) is 5.10 Å². The molecule has 0 aliphatic carbocycles. The summed E-state index contributed by atoms with van der Waals surface area (Å²) in [6.45, 7) is 0. The number of benzene rings is 3. The number of aromatic nitrogens is 2. The minimum Gasteiger partial charge on any atom is -0.325 e. The molecule has 0 fully saturated rings. The van der Waals surface area contributed by atoms with Crippen molar-refractivity contribution in [3.8, 4) is 11.3 Å². The van der Waals surface area contributed by atoms with Crippen LogP contribution in [0.25, 0.3) is 11.3 Å². The zero-order chi connectivity index (χ0) is 23.4. The van der Waals surface area contributed by atoms with Gasteiger partial charge in [-0.1, -0.05) is 60.7 Å². The molecule has 1 heterocycles. The zero-order valence-electron chi connectivity index (χ0n) is 18.0. The number of carbonyl (C=O) groups excluding carboxylic acids is 1. The Labute approximate surface area is 190 Å². The van der Waals surface area contributed by atoms with Crippen molar-refractivity contribution in [3.05, 3.63) is 118 Å². The molecule has 0 unspecified atom stereocenters. The van der Waals surface area contributed by atoms with Crippen molar-refractivity contribution in [1.82, 2.24) is 9.78 Å². The molecule has 1 amide bonds. The van der Waals surface area contributed by atoms with Gasteiger partial charge in [0.25, 0.3) is 5.56 Å². The van der Waals surface area contributed by atoms with Gasteiger partial charge in [0.15, 0.2) is 0 Å². The van der Waals surface area contributed by atoms with Gasteiger partial charge in [0.1, 0.15) is 5.82 Å². The highest BCUT2D eigenvalue weighted by molar-refractivity contribution is 5.96. The van der Waals surface area contributed by atoms with Crippen molar-refractivity contribution in [2.75, 3.05) is 5.32 Å². The molecule has 7 heteroatoms. The van der Waals surface area contributed by atoms with Crippen LogP contribution in [0.5, 0.6) is 0 Å². The number of halogens is 1. The van der Waals surface area contributed by atoms with Crippen LogP contribution in [0.15, 0.2) is 95.8 Å². The highest BCUT2D eigenvalue weighted by atomic mass is 19.1. The summed E-state index contributed by atoms with van der Waals surface area (Å²) >= 11 is 0. The van der Waals surface area contributed by atoms with Crippen molar-refractivity contribution in [1.29, 1.82) is 0 Å². The Balaban J connectivity index is 1.58. The molecule has 3 aromatic carbocycles. The Morgan fingerprint density at radius 3 is 2.09 bits per heavy atom. The lowest BCUT2D eigenvalue weighted by atomic mass is 9.85. The first kappa shape index (κ1) is 22.1. The first-order chi connectivity index (χ1) is 15.9. The number of hydrogen-bond acceptors (Lipinski definition) is 4. The number of amides is 1. The van der Waals surface area contributed by atoms with Crippen LogP contribution in [0, 0.1) is 5.82 Å². The standard InChI is InChI=1S/C26H23FN4O2/c1-31-23(32)15-14-22(30-31)20-13-12-19(16-21(20)27)29-26(33)25(28)24(17-8-4-2-5-9-17)18-10-6-3-7-11-18/h2-16,24-25H,28H2,1H3,(H,29,33)/t25-/m0/s1. The first-order valence-electron chi connectivity index (χ1n) is 10.4. The summed E-state index contributed by atoms with van der Waals surface area (Å²) in [6, 6.07) is 25.3. The summed E-state index contributed by atoms with van der Waals surface area (Å²) in [5.41, 5.74) is 8.77. The van der Waals surface area contributed by atoms with Gasteiger partial charge in [-0.3, -0.25) is 9.59 Å². The number of nitrogens with one attached hydrogen (secondary N) is 1. The molecule has 4 aromatic rings. The van der Waals surface area contributed by atoms with Crippen molar-refractivity contribution >= 4 is 11.6 Å². The Kier molecular flexibility index (Phi) is 6.42. The number of nitrogens with zero attached hydrogens (tertiary/aromatic N) is 2. The molecule has 1 aromatic heterocycles. The molecule has 6 nitrogen and oxygen atoms in total. The number of aryl methyl sites for hydroxylation is 1. The topological polar surface area (TPSA) is 90.0 Å². The SMILES string of the molecule is Cn1nc(-c2ccc(NC(=O)[C@@H](N)C(c3ccccc3)c3ccccc3)cc2F)ccc1=O. The zero-order valence-corrected chi connectivity index (χ0v) is 18.0. The fourth-order valence-corrected chi connectivity index (χ4v) is 3.75. The number of nitrogens with two attached hydrogens (primary N) is 1. The molecule has 166 valence electrons. The minimum absolute atomic E-state index is 0.222. The lowest BCUT2D eigenvalue weighted by molar-refractivity contribution is -0.117. The van der Waals surface area contributed by atoms with Crippen LogP contribution in [0.3, 0.4) is 0 Å². The maximum Gasteiger partial charge on any atom is 0.266 e. The monoisotopic (exact) mass is 442 g/mol. The Hall–Kier alpha value is -4.10. The molecular weight excluding hydrogens is 419 g/mol. The van der Waals surface area contributed by atoms with Crippen molar-refractivity contribution in [2.45, 2.75) is 12.0 Å². The van der Waals surface area contributed by atoms with E-state index in [9.17, 15) is 14.0 Å². The molecule has 0 saturated carbocycles. The summed E-state index contributed by atoms with van der Waals surface area (Å²) in [6.07, 6.45) is 0. The molecule has 3 N–H and O–H groups in total. The summed E-state index contributed by atoms with van der Waals surface area (Å²) in [5, 5.41) is 6.79. The average Bonchev–Trinajstić information content (AvgIpc) is 2.82. The van der Waals surface area contributed by atoms with Gasteiger partial charge in [-0.25, -0.2) is 9.07 Å². The molecular formula is C26H23FN4O2. The largest absolute Gasteiger partial charge is 0.325 e. The minimum atomic E-state index is -0.900. The Morgan fingerprint density at radius 2 is 1.55 bits per heavy atom. The van der Waals surface area contributed by atoms with Gasteiger partial charge in [-0.15, -0.1) is 0 Å². The number of anilines is 1.